The number of nitrogens with zero attached hydrogens (tertiary/aromatic N) is 2. The van der Waals surface area contributed by atoms with E-state index in [1.165, 1.54) is 6.08 Å². The van der Waals surface area contributed by atoms with Gasteiger partial charge in [-0.1, -0.05) is 28.9 Å². The van der Waals surface area contributed by atoms with Crippen molar-refractivity contribution < 1.29 is 9.21 Å². The van der Waals surface area contributed by atoms with Crippen molar-refractivity contribution in [1.29, 1.82) is 0 Å². The van der Waals surface area contributed by atoms with Crippen molar-refractivity contribution in [2.75, 3.05) is 5.32 Å². The number of nitrogens with one attached hydrogen (secondary N) is 1. The molecule has 1 amide bonds. The molecular formula is C16H13N3O2S. The quantitative estimate of drug-likeness (QED) is 0.745. The van der Waals surface area contributed by atoms with Crippen molar-refractivity contribution in [3.05, 3.63) is 58.3 Å². The number of thiophene rings is 1. The lowest BCUT2D eigenvalue weighted by atomic mass is 10.1. The maximum Gasteiger partial charge on any atom is 0.322 e. The van der Waals surface area contributed by atoms with Gasteiger partial charge in [0.1, 0.15) is 0 Å². The molecular weight excluding hydrogens is 298 g/mol. The van der Waals surface area contributed by atoms with Crippen LogP contribution < -0.4 is 5.32 Å². The number of amides is 1. The molecule has 1 N–H and O–H groups in total. The van der Waals surface area contributed by atoms with Crippen molar-refractivity contribution in [3.63, 3.8) is 0 Å². The minimum absolute atomic E-state index is 0.0800. The molecule has 5 nitrogen and oxygen atoms in total. The molecule has 22 heavy (non-hydrogen) atoms. The van der Waals surface area contributed by atoms with E-state index in [0.717, 1.165) is 16.0 Å². The zero-order valence-corrected chi connectivity index (χ0v) is 12.6. The number of anilines is 1. The Morgan fingerprint density at radius 3 is 2.77 bits per heavy atom. The summed E-state index contributed by atoms with van der Waals surface area (Å²) >= 11 is 1.56. The summed E-state index contributed by atoms with van der Waals surface area (Å²) in [6, 6.07) is 11.6. The Kier molecular flexibility index (Phi) is 4.11. The SMILES string of the molecule is Cc1ccc(-c2nnc(NC(=O)C=Cc3cccs3)o2)cc1. The number of aromatic nitrogens is 2. The fourth-order valence-corrected chi connectivity index (χ4v) is 2.40. The van der Waals surface area contributed by atoms with Gasteiger partial charge in [-0.2, -0.15) is 0 Å². The average Bonchev–Trinajstić information content (AvgIpc) is 3.17. The molecule has 0 saturated heterocycles. The summed E-state index contributed by atoms with van der Waals surface area (Å²) < 4.78 is 5.43. The van der Waals surface area contributed by atoms with Gasteiger partial charge in [-0.05, 0) is 36.6 Å². The maximum absolute atomic E-state index is 11.8. The van der Waals surface area contributed by atoms with Gasteiger partial charge < -0.3 is 4.42 Å². The molecule has 2 heterocycles. The molecule has 1 aromatic carbocycles. The highest BCUT2D eigenvalue weighted by molar-refractivity contribution is 7.10. The zero-order valence-electron chi connectivity index (χ0n) is 11.8. The monoisotopic (exact) mass is 311 g/mol. The lowest BCUT2D eigenvalue weighted by Gasteiger charge is -1.96. The summed E-state index contributed by atoms with van der Waals surface area (Å²) in [6.45, 7) is 2.00. The van der Waals surface area contributed by atoms with Crippen LogP contribution in [0.3, 0.4) is 0 Å². The molecule has 2 aromatic heterocycles. The molecule has 0 aliphatic heterocycles. The fourth-order valence-electron chi connectivity index (χ4n) is 1.78. The van der Waals surface area contributed by atoms with Crippen molar-refractivity contribution in [3.8, 4) is 11.5 Å². The second-order valence-electron chi connectivity index (χ2n) is 4.62. The molecule has 0 spiro atoms. The molecule has 110 valence electrons. The van der Waals surface area contributed by atoms with Gasteiger partial charge in [-0.15, -0.1) is 16.4 Å². The van der Waals surface area contributed by atoms with Crippen LogP contribution >= 0.6 is 11.3 Å². The molecule has 3 aromatic rings. The summed E-state index contributed by atoms with van der Waals surface area (Å²) in [5.74, 6) is 0.0602. The number of hydrogen-bond donors (Lipinski definition) is 1. The van der Waals surface area contributed by atoms with E-state index in [-0.39, 0.29) is 11.9 Å². The summed E-state index contributed by atoms with van der Waals surface area (Å²) in [6.07, 6.45) is 3.17. The Hall–Kier alpha value is -2.73. The Morgan fingerprint density at radius 2 is 2.05 bits per heavy atom. The van der Waals surface area contributed by atoms with E-state index in [9.17, 15) is 4.79 Å². The van der Waals surface area contributed by atoms with E-state index in [1.54, 1.807) is 17.4 Å². The summed E-state index contributed by atoms with van der Waals surface area (Å²) in [7, 11) is 0. The number of carbonyl (C=O) groups is 1. The zero-order chi connectivity index (χ0) is 15.4. The molecule has 0 fully saturated rings. The van der Waals surface area contributed by atoms with Gasteiger partial charge in [-0.25, -0.2) is 0 Å². The highest BCUT2D eigenvalue weighted by Crippen LogP contribution is 2.20. The average molecular weight is 311 g/mol. The Balaban J connectivity index is 1.66. The number of carbonyl (C=O) groups excluding carboxylic acids is 1. The molecule has 0 unspecified atom stereocenters. The molecule has 3 rings (SSSR count). The molecule has 0 atom stereocenters. The first kappa shape index (κ1) is 14.2. The van der Waals surface area contributed by atoms with Crippen molar-refractivity contribution >= 4 is 29.3 Å². The van der Waals surface area contributed by atoms with Gasteiger partial charge in [0.2, 0.25) is 5.89 Å². The first-order valence-corrected chi connectivity index (χ1v) is 7.52. The summed E-state index contributed by atoms with van der Waals surface area (Å²) in [5, 5.41) is 12.2. The van der Waals surface area contributed by atoms with E-state index in [2.05, 4.69) is 15.5 Å². The van der Waals surface area contributed by atoms with Crippen molar-refractivity contribution in [2.24, 2.45) is 0 Å². The number of benzene rings is 1. The van der Waals surface area contributed by atoms with Gasteiger partial charge in [-0.3, -0.25) is 10.1 Å². The topological polar surface area (TPSA) is 68.0 Å². The first-order valence-electron chi connectivity index (χ1n) is 6.64. The minimum atomic E-state index is -0.312. The second kappa shape index (κ2) is 6.36. The van der Waals surface area contributed by atoms with E-state index < -0.39 is 0 Å². The standard InChI is InChI=1S/C16H13N3O2S/c1-11-4-6-12(7-5-11)15-18-19-16(21-15)17-14(20)9-8-13-3-2-10-22-13/h2-10H,1H3,(H,17,19,20). The van der Waals surface area contributed by atoms with Crippen LogP contribution in [-0.2, 0) is 4.79 Å². The van der Waals surface area contributed by atoms with Crippen LogP contribution in [0.15, 0.2) is 52.3 Å². The van der Waals surface area contributed by atoms with Crippen LogP contribution in [0.4, 0.5) is 6.01 Å². The highest BCUT2D eigenvalue weighted by Gasteiger charge is 2.09. The number of aryl methyl sites for hydroxylation is 1. The summed E-state index contributed by atoms with van der Waals surface area (Å²) in [4.78, 5) is 12.8. The smallest absolute Gasteiger partial charge is 0.322 e. The molecule has 0 aliphatic rings. The Morgan fingerprint density at radius 1 is 1.23 bits per heavy atom. The van der Waals surface area contributed by atoms with Crippen LogP contribution in [0, 0.1) is 6.92 Å². The minimum Gasteiger partial charge on any atom is -0.403 e. The van der Waals surface area contributed by atoms with Crippen molar-refractivity contribution in [1.82, 2.24) is 10.2 Å². The van der Waals surface area contributed by atoms with Gasteiger partial charge in [0, 0.05) is 16.5 Å². The van der Waals surface area contributed by atoms with Gasteiger partial charge in [0.05, 0.1) is 0 Å². The third-order valence-electron chi connectivity index (χ3n) is 2.90. The number of hydrogen-bond acceptors (Lipinski definition) is 5. The van der Waals surface area contributed by atoms with E-state index in [0.29, 0.717) is 5.89 Å². The third kappa shape index (κ3) is 3.48. The van der Waals surface area contributed by atoms with E-state index >= 15 is 0 Å². The van der Waals surface area contributed by atoms with E-state index in [4.69, 9.17) is 4.42 Å². The lowest BCUT2D eigenvalue weighted by Crippen LogP contribution is -2.07. The van der Waals surface area contributed by atoms with Crippen LogP contribution in [-0.4, -0.2) is 16.1 Å². The molecule has 6 heteroatoms. The largest absolute Gasteiger partial charge is 0.403 e. The predicted molar refractivity (Wildman–Crippen MR) is 86.5 cm³/mol. The first-order chi connectivity index (χ1) is 10.7. The molecule has 0 radical (unpaired) electrons. The lowest BCUT2D eigenvalue weighted by molar-refractivity contribution is -0.112. The highest BCUT2D eigenvalue weighted by atomic mass is 32.1. The second-order valence-corrected chi connectivity index (χ2v) is 5.60. The normalized spacial score (nSPS) is 11.0. The van der Waals surface area contributed by atoms with Gasteiger partial charge >= 0.3 is 6.01 Å². The molecule has 0 aliphatic carbocycles. The van der Waals surface area contributed by atoms with Crippen LogP contribution in [0.25, 0.3) is 17.5 Å². The van der Waals surface area contributed by atoms with Gasteiger partial charge in [0.15, 0.2) is 0 Å². The van der Waals surface area contributed by atoms with Crippen molar-refractivity contribution in [2.45, 2.75) is 6.92 Å². The fraction of sp³-hybridized carbons (Fsp3) is 0.0625. The van der Waals surface area contributed by atoms with Crippen LogP contribution in [0.2, 0.25) is 0 Å². The van der Waals surface area contributed by atoms with Crippen LogP contribution in [0.1, 0.15) is 10.4 Å². The predicted octanol–water partition coefficient (Wildman–Crippen LogP) is 3.76. The van der Waals surface area contributed by atoms with Gasteiger partial charge in [0.25, 0.3) is 5.91 Å². The van der Waals surface area contributed by atoms with E-state index in [1.807, 2.05) is 48.7 Å². The molecule has 0 bridgehead atoms. The number of rotatable bonds is 4. The molecule has 0 saturated carbocycles. The summed E-state index contributed by atoms with van der Waals surface area (Å²) in [5.41, 5.74) is 1.96. The van der Waals surface area contributed by atoms with Crippen LogP contribution in [0.5, 0.6) is 0 Å². The Bertz CT molecular complexity index is 789. The third-order valence-corrected chi connectivity index (χ3v) is 3.73. The maximum atomic E-state index is 11.8. The Labute approximate surface area is 131 Å².